The lowest BCUT2D eigenvalue weighted by Crippen LogP contribution is -2.54. The van der Waals surface area contributed by atoms with Crippen molar-refractivity contribution < 1.29 is 23.7 Å². The second-order valence-corrected chi connectivity index (χ2v) is 5.87. The smallest absolute Gasteiger partial charge is 0.190 e. The largest absolute Gasteiger partial charge is 0.345 e. The van der Waals surface area contributed by atoms with E-state index in [1.165, 1.54) is 0 Å². The average molecular weight is 244 g/mol. The molecule has 5 nitrogen and oxygen atoms in total. The summed E-state index contributed by atoms with van der Waals surface area (Å²) >= 11 is 0. The van der Waals surface area contributed by atoms with E-state index in [4.69, 9.17) is 23.7 Å². The lowest BCUT2D eigenvalue weighted by Gasteiger charge is -2.42. The average Bonchev–Trinajstić information content (AvgIpc) is 2.58. The Hall–Kier alpha value is -0.200. The minimum absolute atomic E-state index is 0.0235. The van der Waals surface area contributed by atoms with Crippen molar-refractivity contribution in [2.24, 2.45) is 0 Å². The summed E-state index contributed by atoms with van der Waals surface area (Å²) in [7, 11) is 0. The van der Waals surface area contributed by atoms with Crippen LogP contribution in [0.4, 0.5) is 0 Å². The van der Waals surface area contributed by atoms with Crippen molar-refractivity contribution >= 4 is 0 Å². The van der Waals surface area contributed by atoms with Crippen LogP contribution in [0.1, 0.15) is 34.6 Å². The lowest BCUT2D eigenvalue weighted by atomic mass is 10.0. The molecule has 0 aromatic heterocycles. The molecule has 3 rings (SSSR count). The molecule has 3 fully saturated rings. The van der Waals surface area contributed by atoms with Gasteiger partial charge in [0, 0.05) is 0 Å². The third-order valence-electron chi connectivity index (χ3n) is 3.38. The Balaban J connectivity index is 1.82. The molecule has 0 radical (unpaired) electrons. The van der Waals surface area contributed by atoms with Crippen molar-refractivity contribution in [3.8, 4) is 0 Å². The van der Waals surface area contributed by atoms with Crippen molar-refractivity contribution in [1.82, 2.24) is 0 Å². The first-order valence-electron chi connectivity index (χ1n) is 6.14. The zero-order valence-electron chi connectivity index (χ0n) is 10.9. The number of fused-ring (bicyclic) bond motifs is 3. The molecule has 0 aromatic rings. The van der Waals surface area contributed by atoms with Gasteiger partial charge in [0.2, 0.25) is 0 Å². The van der Waals surface area contributed by atoms with Gasteiger partial charge in [0.1, 0.15) is 18.3 Å². The molecule has 5 heteroatoms. The fourth-order valence-electron chi connectivity index (χ4n) is 2.89. The van der Waals surface area contributed by atoms with Gasteiger partial charge in [0.15, 0.2) is 17.9 Å². The van der Waals surface area contributed by atoms with E-state index in [1.807, 2.05) is 34.6 Å². The van der Waals surface area contributed by atoms with Crippen molar-refractivity contribution in [2.75, 3.05) is 0 Å². The predicted molar refractivity (Wildman–Crippen MR) is 58.2 cm³/mol. The van der Waals surface area contributed by atoms with Crippen molar-refractivity contribution in [1.29, 1.82) is 0 Å². The van der Waals surface area contributed by atoms with Gasteiger partial charge in [0.25, 0.3) is 0 Å². The van der Waals surface area contributed by atoms with Crippen LogP contribution in [0.15, 0.2) is 0 Å². The minimum atomic E-state index is -0.602. The molecule has 5 atom stereocenters. The second-order valence-electron chi connectivity index (χ2n) is 5.87. The monoisotopic (exact) mass is 244 g/mol. The van der Waals surface area contributed by atoms with Crippen LogP contribution in [-0.4, -0.2) is 42.3 Å². The van der Waals surface area contributed by atoms with Crippen LogP contribution in [0.3, 0.4) is 0 Å². The molecule has 3 aliphatic heterocycles. The van der Waals surface area contributed by atoms with E-state index in [9.17, 15) is 0 Å². The van der Waals surface area contributed by atoms with Crippen LogP contribution < -0.4 is 0 Å². The Morgan fingerprint density at radius 3 is 2.00 bits per heavy atom. The van der Waals surface area contributed by atoms with E-state index >= 15 is 0 Å². The summed E-state index contributed by atoms with van der Waals surface area (Å²) < 4.78 is 29.1. The Labute approximate surface area is 101 Å². The van der Waals surface area contributed by atoms with Gasteiger partial charge in [-0.15, -0.1) is 0 Å². The van der Waals surface area contributed by atoms with Gasteiger partial charge in [0.05, 0.1) is 6.10 Å². The zero-order valence-corrected chi connectivity index (χ0v) is 10.9. The maximum Gasteiger partial charge on any atom is 0.190 e. The fourth-order valence-corrected chi connectivity index (χ4v) is 2.89. The highest BCUT2D eigenvalue weighted by atomic mass is 16.9. The van der Waals surface area contributed by atoms with Gasteiger partial charge in [-0.2, -0.15) is 0 Å². The summed E-state index contributed by atoms with van der Waals surface area (Å²) in [5, 5.41) is 0. The van der Waals surface area contributed by atoms with E-state index in [2.05, 4.69) is 0 Å². The predicted octanol–water partition coefficient (Wildman–Crippen LogP) is 1.40. The van der Waals surface area contributed by atoms with Crippen LogP contribution in [0.2, 0.25) is 0 Å². The highest BCUT2D eigenvalue weighted by molar-refractivity contribution is 4.99. The minimum Gasteiger partial charge on any atom is -0.345 e. The molecule has 0 spiro atoms. The number of hydrogen-bond acceptors (Lipinski definition) is 5. The Kier molecular flexibility index (Phi) is 2.39. The third kappa shape index (κ3) is 1.90. The van der Waals surface area contributed by atoms with Crippen molar-refractivity contribution in [3.05, 3.63) is 0 Å². The van der Waals surface area contributed by atoms with Crippen LogP contribution >= 0.6 is 0 Å². The van der Waals surface area contributed by atoms with Gasteiger partial charge in [-0.25, -0.2) is 0 Å². The fraction of sp³-hybridized carbons (Fsp3) is 1.00. The Bertz CT molecular complexity index is 327. The summed E-state index contributed by atoms with van der Waals surface area (Å²) in [4.78, 5) is 0. The molecule has 0 N–H and O–H groups in total. The highest BCUT2D eigenvalue weighted by Crippen LogP contribution is 2.44. The van der Waals surface area contributed by atoms with Gasteiger partial charge < -0.3 is 23.7 Å². The summed E-state index contributed by atoms with van der Waals surface area (Å²) in [5.74, 6) is -1.20. The van der Waals surface area contributed by atoms with Gasteiger partial charge in [-0.05, 0) is 34.6 Å². The Morgan fingerprint density at radius 2 is 1.29 bits per heavy atom. The van der Waals surface area contributed by atoms with Crippen LogP contribution in [0.5, 0.6) is 0 Å². The summed E-state index contributed by atoms with van der Waals surface area (Å²) in [6.07, 6.45) is -0.778. The molecule has 17 heavy (non-hydrogen) atoms. The topological polar surface area (TPSA) is 46.2 Å². The molecule has 0 amide bonds. The molecule has 0 aromatic carbocycles. The molecule has 0 saturated carbocycles. The number of rotatable bonds is 0. The quantitative estimate of drug-likeness (QED) is 0.644. The molecule has 0 bridgehead atoms. The normalized spacial score (nSPS) is 51.0. The molecular formula is C12H20O5. The molecular weight excluding hydrogens is 224 g/mol. The molecule has 3 aliphatic rings. The van der Waals surface area contributed by atoms with E-state index in [-0.39, 0.29) is 30.7 Å². The maximum atomic E-state index is 5.92. The van der Waals surface area contributed by atoms with E-state index < -0.39 is 11.6 Å². The highest BCUT2D eigenvalue weighted by Gasteiger charge is 2.60. The van der Waals surface area contributed by atoms with Gasteiger partial charge in [-0.1, -0.05) is 0 Å². The van der Waals surface area contributed by atoms with Crippen molar-refractivity contribution in [3.63, 3.8) is 0 Å². The van der Waals surface area contributed by atoms with Gasteiger partial charge in [-0.3, -0.25) is 0 Å². The molecule has 3 saturated heterocycles. The van der Waals surface area contributed by atoms with E-state index in [0.717, 1.165) is 0 Å². The second kappa shape index (κ2) is 3.42. The summed E-state index contributed by atoms with van der Waals surface area (Å²) in [5.41, 5.74) is 0. The van der Waals surface area contributed by atoms with Crippen molar-refractivity contribution in [2.45, 2.75) is 76.9 Å². The maximum absolute atomic E-state index is 5.92. The lowest BCUT2D eigenvalue weighted by molar-refractivity contribution is -0.340. The van der Waals surface area contributed by atoms with Gasteiger partial charge >= 0.3 is 0 Å². The SMILES string of the molecule is C[C@@H]1OC(C)(C)O[C@H]2[C@@H]3OC(C)(C)O[C@@H]3O[C@H]21. The van der Waals surface area contributed by atoms with E-state index in [1.54, 1.807) is 0 Å². The first-order valence-corrected chi connectivity index (χ1v) is 6.14. The first kappa shape index (κ1) is 11.9. The Morgan fingerprint density at radius 1 is 0.706 bits per heavy atom. The van der Waals surface area contributed by atoms with Crippen LogP contribution in [0, 0.1) is 0 Å². The summed E-state index contributed by atoms with van der Waals surface area (Å²) in [6.45, 7) is 9.59. The number of hydrogen-bond donors (Lipinski definition) is 0. The molecule has 3 heterocycles. The van der Waals surface area contributed by atoms with Crippen LogP contribution in [-0.2, 0) is 23.7 Å². The zero-order chi connectivity index (χ0) is 12.4. The molecule has 0 unspecified atom stereocenters. The summed E-state index contributed by atoms with van der Waals surface area (Å²) in [6, 6.07) is 0. The third-order valence-corrected chi connectivity index (χ3v) is 3.38. The number of ether oxygens (including phenoxy) is 5. The first-order chi connectivity index (χ1) is 7.77. The molecule has 98 valence electrons. The standard InChI is InChI=1S/C12H20O5/c1-6-7-8(15-11(2,3)14-6)9-10(13-7)17-12(4,5)16-9/h6-10H,1-5H3/t6-,7-,8+,9-,10-/m0/s1. The van der Waals surface area contributed by atoms with E-state index in [0.29, 0.717) is 0 Å². The van der Waals surface area contributed by atoms with Crippen LogP contribution in [0.25, 0.3) is 0 Å². The molecule has 0 aliphatic carbocycles.